The molecule has 2 aromatic carbocycles. The van der Waals surface area contributed by atoms with Crippen LogP contribution in [-0.2, 0) is 16.0 Å². The lowest BCUT2D eigenvalue weighted by molar-refractivity contribution is -0.138. The maximum Gasteiger partial charge on any atom is 0.310 e. The monoisotopic (exact) mass is 491 g/mol. The maximum absolute atomic E-state index is 12.3. The number of aryl methyl sites for hydroxylation is 1. The second-order valence-corrected chi connectivity index (χ2v) is 10.6. The lowest BCUT2D eigenvalue weighted by atomic mass is 9.94. The van der Waals surface area contributed by atoms with Crippen LogP contribution in [0.5, 0.6) is 0 Å². The molecule has 1 aliphatic heterocycles. The van der Waals surface area contributed by atoms with Crippen molar-refractivity contribution in [3.05, 3.63) is 70.8 Å². The van der Waals surface area contributed by atoms with E-state index in [4.69, 9.17) is 5.11 Å². The first-order valence-corrected chi connectivity index (χ1v) is 13.4. The molecule has 5 heteroatoms. The number of carbonyl (C=O) groups excluding carboxylic acids is 2. The summed E-state index contributed by atoms with van der Waals surface area (Å²) in [4.78, 5) is 37.2. The number of carboxylic acids is 1. The zero-order valence-electron chi connectivity index (χ0n) is 22.0. The van der Waals surface area contributed by atoms with Crippen molar-refractivity contribution in [2.75, 3.05) is 19.6 Å². The molecule has 0 radical (unpaired) electrons. The van der Waals surface area contributed by atoms with E-state index in [1.807, 2.05) is 55.5 Å². The van der Waals surface area contributed by atoms with Gasteiger partial charge >= 0.3 is 5.97 Å². The fourth-order valence-corrected chi connectivity index (χ4v) is 5.09. The third-order valence-corrected chi connectivity index (χ3v) is 7.53. The Bertz CT molecular complexity index is 1010. The third-order valence-electron chi connectivity index (χ3n) is 7.53. The third kappa shape index (κ3) is 8.12. The van der Waals surface area contributed by atoms with Crippen molar-refractivity contribution in [1.82, 2.24) is 4.90 Å². The standard InChI is InChI=1S/C16H23NO.C15H18O3/c1-13-6-8-15(9-7-13)16(18)14(2)12-17-10-4-3-5-11-17;1-10(15(17)18)12-7-5-11(6-8-12)9-13-3-2-4-14(13)16/h6-9,14H,3-5,10-12H2,1-2H3;5-8,10,13H,2-4,9H2,1H3,(H,17,18). The van der Waals surface area contributed by atoms with Crippen LogP contribution in [0, 0.1) is 18.8 Å². The smallest absolute Gasteiger partial charge is 0.310 e. The molecule has 2 fully saturated rings. The SMILES string of the molecule is CC(C(=O)O)c1ccc(CC2CCCC2=O)cc1.Cc1ccc(C(=O)C(C)CN2CCCCC2)cc1. The van der Waals surface area contributed by atoms with Crippen molar-refractivity contribution in [2.45, 2.75) is 71.6 Å². The van der Waals surface area contributed by atoms with Crippen molar-refractivity contribution >= 4 is 17.5 Å². The molecule has 3 atom stereocenters. The average molecular weight is 492 g/mol. The van der Waals surface area contributed by atoms with Crippen LogP contribution >= 0.6 is 0 Å². The summed E-state index contributed by atoms with van der Waals surface area (Å²) in [6.45, 7) is 9.00. The van der Waals surface area contributed by atoms with Crippen molar-refractivity contribution in [2.24, 2.45) is 11.8 Å². The van der Waals surface area contributed by atoms with Crippen LogP contribution in [0.3, 0.4) is 0 Å². The van der Waals surface area contributed by atoms with Gasteiger partial charge in [-0.25, -0.2) is 0 Å². The first-order valence-electron chi connectivity index (χ1n) is 13.4. The predicted octanol–water partition coefficient (Wildman–Crippen LogP) is 6.09. The summed E-state index contributed by atoms with van der Waals surface area (Å²) >= 11 is 0. The number of likely N-dealkylation sites (tertiary alicyclic amines) is 1. The molecular formula is C31H41NO4. The van der Waals surface area contributed by atoms with Gasteiger partial charge in [-0.3, -0.25) is 14.4 Å². The number of hydrogen-bond donors (Lipinski definition) is 1. The van der Waals surface area contributed by atoms with Crippen LogP contribution in [0.25, 0.3) is 0 Å². The quantitative estimate of drug-likeness (QED) is 0.453. The van der Waals surface area contributed by atoms with Gasteiger partial charge in [0.1, 0.15) is 5.78 Å². The van der Waals surface area contributed by atoms with E-state index in [2.05, 4.69) is 11.8 Å². The average Bonchev–Trinajstić information content (AvgIpc) is 3.29. The van der Waals surface area contributed by atoms with Crippen LogP contribution in [0.15, 0.2) is 48.5 Å². The number of rotatable bonds is 8. The first kappa shape index (κ1) is 27.8. The van der Waals surface area contributed by atoms with Gasteiger partial charge in [0.05, 0.1) is 5.92 Å². The van der Waals surface area contributed by atoms with Gasteiger partial charge < -0.3 is 10.0 Å². The Morgan fingerprint density at radius 3 is 2.14 bits per heavy atom. The van der Waals surface area contributed by atoms with Crippen molar-refractivity contribution < 1.29 is 19.5 Å². The van der Waals surface area contributed by atoms with E-state index in [9.17, 15) is 14.4 Å². The summed E-state index contributed by atoms with van der Waals surface area (Å²) in [6, 6.07) is 15.5. The van der Waals surface area contributed by atoms with E-state index < -0.39 is 11.9 Å². The molecule has 3 unspecified atom stereocenters. The summed E-state index contributed by atoms with van der Waals surface area (Å²) in [6.07, 6.45) is 7.43. The van der Waals surface area contributed by atoms with Crippen molar-refractivity contribution in [1.29, 1.82) is 0 Å². The minimum Gasteiger partial charge on any atom is -0.481 e. The number of piperidine rings is 1. The van der Waals surface area contributed by atoms with Crippen LogP contribution < -0.4 is 0 Å². The van der Waals surface area contributed by atoms with E-state index in [0.29, 0.717) is 5.78 Å². The van der Waals surface area contributed by atoms with E-state index in [-0.39, 0.29) is 17.6 Å². The van der Waals surface area contributed by atoms with Crippen LogP contribution in [0.4, 0.5) is 0 Å². The highest BCUT2D eigenvalue weighted by molar-refractivity contribution is 5.97. The Balaban J connectivity index is 0.000000201. The Labute approximate surface area is 215 Å². The van der Waals surface area contributed by atoms with E-state index in [0.717, 1.165) is 62.0 Å². The number of Topliss-reactive ketones (excluding diaryl/α,β-unsaturated/α-hetero) is 2. The molecule has 0 aromatic heterocycles. The second kappa shape index (κ2) is 13.5. The molecule has 1 saturated heterocycles. The van der Waals surface area contributed by atoms with Gasteiger partial charge in [0, 0.05) is 30.4 Å². The normalized spacial score (nSPS) is 19.8. The Hall–Kier alpha value is -2.79. The topological polar surface area (TPSA) is 74.7 Å². The number of hydrogen-bond acceptors (Lipinski definition) is 4. The summed E-state index contributed by atoms with van der Waals surface area (Å²) in [5, 5.41) is 8.92. The molecule has 2 aliphatic rings. The highest BCUT2D eigenvalue weighted by atomic mass is 16.4. The highest BCUT2D eigenvalue weighted by Crippen LogP contribution is 2.26. The van der Waals surface area contributed by atoms with Gasteiger partial charge in [0.15, 0.2) is 5.78 Å². The summed E-state index contributed by atoms with van der Waals surface area (Å²) < 4.78 is 0. The van der Waals surface area contributed by atoms with Crippen LogP contribution in [0.1, 0.15) is 85.3 Å². The Morgan fingerprint density at radius 1 is 0.944 bits per heavy atom. The molecule has 36 heavy (non-hydrogen) atoms. The first-order chi connectivity index (χ1) is 17.2. The number of benzene rings is 2. The van der Waals surface area contributed by atoms with Gasteiger partial charge in [-0.1, -0.05) is 67.4 Å². The van der Waals surface area contributed by atoms with E-state index >= 15 is 0 Å². The molecule has 5 nitrogen and oxygen atoms in total. The molecule has 2 aromatic rings. The zero-order chi connectivity index (χ0) is 26.1. The molecule has 1 N–H and O–H groups in total. The van der Waals surface area contributed by atoms with Crippen LogP contribution in [0.2, 0.25) is 0 Å². The van der Waals surface area contributed by atoms with E-state index in [1.54, 1.807) is 6.92 Å². The summed E-state index contributed by atoms with van der Waals surface area (Å²) in [5.41, 5.74) is 3.99. The lowest BCUT2D eigenvalue weighted by Crippen LogP contribution is -2.35. The Morgan fingerprint density at radius 2 is 1.58 bits per heavy atom. The molecule has 4 rings (SSSR count). The highest BCUT2D eigenvalue weighted by Gasteiger charge is 2.24. The summed E-state index contributed by atoms with van der Waals surface area (Å²) in [5.74, 6) is -0.363. The largest absolute Gasteiger partial charge is 0.481 e. The van der Waals surface area contributed by atoms with Gasteiger partial charge in [-0.2, -0.15) is 0 Å². The number of nitrogens with zero attached hydrogens (tertiary/aromatic N) is 1. The number of ketones is 2. The lowest BCUT2D eigenvalue weighted by Gasteiger charge is -2.28. The summed E-state index contributed by atoms with van der Waals surface area (Å²) in [7, 11) is 0. The minimum atomic E-state index is -0.811. The second-order valence-electron chi connectivity index (χ2n) is 10.6. The molecule has 1 saturated carbocycles. The van der Waals surface area contributed by atoms with Gasteiger partial charge in [0.2, 0.25) is 0 Å². The Kier molecular flexibility index (Phi) is 10.4. The molecule has 0 bridgehead atoms. The number of carbonyl (C=O) groups is 3. The molecule has 1 aliphatic carbocycles. The molecule has 0 spiro atoms. The molecule has 0 amide bonds. The van der Waals surface area contributed by atoms with Crippen molar-refractivity contribution in [3.63, 3.8) is 0 Å². The fraction of sp³-hybridized carbons (Fsp3) is 0.516. The maximum atomic E-state index is 12.3. The van der Waals surface area contributed by atoms with Gasteiger partial charge in [0.25, 0.3) is 0 Å². The van der Waals surface area contributed by atoms with Crippen LogP contribution in [-0.4, -0.2) is 47.2 Å². The molecule has 194 valence electrons. The predicted molar refractivity (Wildman–Crippen MR) is 144 cm³/mol. The molecule has 1 heterocycles. The van der Waals surface area contributed by atoms with E-state index in [1.165, 1.54) is 24.8 Å². The minimum absolute atomic E-state index is 0.103. The number of carboxylic acid groups (broad SMARTS) is 1. The van der Waals surface area contributed by atoms with Gasteiger partial charge in [-0.05, 0) is 70.2 Å². The number of aliphatic carboxylic acids is 1. The van der Waals surface area contributed by atoms with Crippen molar-refractivity contribution in [3.8, 4) is 0 Å². The zero-order valence-corrected chi connectivity index (χ0v) is 22.0. The fourth-order valence-electron chi connectivity index (χ4n) is 5.09. The molecular weight excluding hydrogens is 450 g/mol. The van der Waals surface area contributed by atoms with Gasteiger partial charge in [-0.15, -0.1) is 0 Å².